The third-order valence-corrected chi connectivity index (χ3v) is 5.88. The van der Waals surface area contributed by atoms with E-state index in [2.05, 4.69) is 37.1 Å². The predicted octanol–water partition coefficient (Wildman–Crippen LogP) is 1.81. The quantitative estimate of drug-likeness (QED) is 0.772. The Hall–Kier alpha value is -0.660. The minimum atomic E-state index is 0. The van der Waals surface area contributed by atoms with Crippen LogP contribution in [0.5, 0.6) is 0 Å². The molecule has 0 saturated carbocycles. The second-order valence-corrected chi connectivity index (χ2v) is 7.65. The number of carbonyl (C=O) groups excluding carboxylic acids is 1. The zero-order valence-corrected chi connectivity index (χ0v) is 17.2. The molecule has 25 heavy (non-hydrogen) atoms. The number of likely N-dealkylation sites (N-methyl/N-ethyl adjacent to an activating group) is 1. The van der Waals surface area contributed by atoms with Gasteiger partial charge in [-0.15, -0.1) is 12.4 Å². The predicted molar refractivity (Wildman–Crippen MR) is 107 cm³/mol. The van der Waals surface area contributed by atoms with Gasteiger partial charge in [0.1, 0.15) is 0 Å². The molecule has 0 aromatic heterocycles. The van der Waals surface area contributed by atoms with Crippen LogP contribution in [-0.4, -0.2) is 79.5 Å². The number of hydrogen-bond donors (Lipinski definition) is 1. The molecule has 2 aliphatic rings. The molecule has 2 aliphatic heterocycles. The van der Waals surface area contributed by atoms with Gasteiger partial charge in [-0.1, -0.05) is 34.1 Å². The molecule has 2 fully saturated rings. The first-order valence-electron chi connectivity index (χ1n) is 8.78. The van der Waals surface area contributed by atoms with E-state index in [9.17, 15) is 4.79 Å². The van der Waals surface area contributed by atoms with Gasteiger partial charge in [0, 0.05) is 56.8 Å². The van der Waals surface area contributed by atoms with E-state index in [0.29, 0.717) is 19.1 Å². The lowest BCUT2D eigenvalue weighted by Crippen LogP contribution is -2.52. The maximum absolute atomic E-state index is 12.5. The van der Waals surface area contributed by atoms with Gasteiger partial charge in [0.05, 0.1) is 6.54 Å². The number of carbonyl (C=O) groups is 1. The second kappa shape index (κ2) is 9.88. The Balaban J connectivity index is 0.00000225. The number of nitrogens with zero attached hydrogens (tertiary/aromatic N) is 3. The summed E-state index contributed by atoms with van der Waals surface area (Å²) in [6.07, 6.45) is 1.26. The van der Waals surface area contributed by atoms with Crippen molar-refractivity contribution in [3.8, 4) is 0 Å². The van der Waals surface area contributed by atoms with Crippen LogP contribution in [0.1, 0.15) is 12.0 Å². The lowest BCUT2D eigenvalue weighted by Gasteiger charge is -2.37. The van der Waals surface area contributed by atoms with Crippen molar-refractivity contribution >= 4 is 34.2 Å². The van der Waals surface area contributed by atoms with Crippen molar-refractivity contribution in [3.63, 3.8) is 0 Å². The van der Waals surface area contributed by atoms with Crippen LogP contribution in [0.4, 0.5) is 0 Å². The Morgan fingerprint density at radius 3 is 2.64 bits per heavy atom. The van der Waals surface area contributed by atoms with E-state index in [1.54, 1.807) is 0 Å². The molecule has 1 N–H and O–H groups in total. The van der Waals surface area contributed by atoms with Gasteiger partial charge in [0.2, 0.25) is 5.91 Å². The average Bonchev–Trinajstić information content (AvgIpc) is 3.12. The van der Waals surface area contributed by atoms with Crippen molar-refractivity contribution in [2.75, 3.05) is 52.9 Å². The van der Waals surface area contributed by atoms with Gasteiger partial charge in [-0.2, -0.15) is 0 Å². The standard InChI is InChI=1S/C18H27BrN4O.ClH/c1-21(13-15-4-2-3-5-17(15)19)18(24)14-22-8-10-23(11-9-22)16-6-7-20-12-16;/h2-5,16,20H,6-14H2,1H3;1H. The molecule has 2 heterocycles. The molecule has 3 rings (SSSR count). The van der Waals surface area contributed by atoms with Crippen LogP contribution < -0.4 is 5.32 Å². The first kappa shape index (κ1) is 20.6. The molecule has 5 nitrogen and oxygen atoms in total. The largest absolute Gasteiger partial charge is 0.340 e. The minimum absolute atomic E-state index is 0. The van der Waals surface area contributed by atoms with Crippen LogP contribution in [-0.2, 0) is 11.3 Å². The summed E-state index contributed by atoms with van der Waals surface area (Å²) in [6.45, 7) is 7.57. The van der Waals surface area contributed by atoms with E-state index >= 15 is 0 Å². The van der Waals surface area contributed by atoms with E-state index in [-0.39, 0.29) is 18.3 Å². The third-order valence-electron chi connectivity index (χ3n) is 5.11. The number of piperazine rings is 1. The summed E-state index contributed by atoms with van der Waals surface area (Å²) in [5.41, 5.74) is 1.15. The molecule has 140 valence electrons. The molecule has 0 aliphatic carbocycles. The molecule has 1 atom stereocenters. The van der Waals surface area contributed by atoms with Crippen molar-refractivity contribution in [1.82, 2.24) is 20.0 Å². The molecule has 0 bridgehead atoms. The smallest absolute Gasteiger partial charge is 0.236 e. The number of halogens is 2. The summed E-state index contributed by atoms with van der Waals surface area (Å²) in [7, 11) is 1.89. The van der Waals surface area contributed by atoms with E-state index in [0.717, 1.165) is 49.3 Å². The highest BCUT2D eigenvalue weighted by Gasteiger charge is 2.27. The average molecular weight is 432 g/mol. The van der Waals surface area contributed by atoms with Gasteiger partial charge < -0.3 is 10.2 Å². The number of rotatable bonds is 5. The van der Waals surface area contributed by atoms with Gasteiger partial charge in [-0.25, -0.2) is 0 Å². The van der Waals surface area contributed by atoms with Gasteiger partial charge in [0.15, 0.2) is 0 Å². The zero-order chi connectivity index (χ0) is 16.9. The molecule has 7 heteroatoms. The molecule has 1 unspecified atom stereocenters. The maximum Gasteiger partial charge on any atom is 0.236 e. The summed E-state index contributed by atoms with van der Waals surface area (Å²) in [5, 5.41) is 3.44. The van der Waals surface area contributed by atoms with Gasteiger partial charge >= 0.3 is 0 Å². The van der Waals surface area contributed by atoms with Crippen LogP contribution in [0.2, 0.25) is 0 Å². The summed E-state index contributed by atoms with van der Waals surface area (Å²) in [4.78, 5) is 19.2. The fourth-order valence-electron chi connectivity index (χ4n) is 3.52. The van der Waals surface area contributed by atoms with Crippen LogP contribution in [0, 0.1) is 0 Å². The molecule has 0 spiro atoms. The van der Waals surface area contributed by atoms with Crippen molar-refractivity contribution in [3.05, 3.63) is 34.3 Å². The SMILES string of the molecule is CN(Cc1ccccc1Br)C(=O)CN1CCN(C2CCNC2)CC1.Cl. The summed E-state index contributed by atoms with van der Waals surface area (Å²) in [5.74, 6) is 0.196. The third kappa shape index (κ3) is 5.66. The first-order valence-corrected chi connectivity index (χ1v) is 9.57. The Morgan fingerprint density at radius 2 is 2.00 bits per heavy atom. The fourth-order valence-corrected chi connectivity index (χ4v) is 3.93. The van der Waals surface area contributed by atoms with Crippen molar-refractivity contribution in [2.45, 2.75) is 19.0 Å². The number of benzene rings is 1. The second-order valence-electron chi connectivity index (χ2n) is 6.80. The number of nitrogens with one attached hydrogen (secondary N) is 1. The topological polar surface area (TPSA) is 38.8 Å². The normalized spacial score (nSPS) is 21.8. The Labute approximate surface area is 165 Å². The molecule has 1 aromatic carbocycles. The lowest BCUT2D eigenvalue weighted by atomic mass is 10.2. The summed E-state index contributed by atoms with van der Waals surface area (Å²) < 4.78 is 1.06. The summed E-state index contributed by atoms with van der Waals surface area (Å²) >= 11 is 3.55. The molecule has 1 aromatic rings. The van der Waals surface area contributed by atoms with Crippen molar-refractivity contribution in [2.24, 2.45) is 0 Å². The van der Waals surface area contributed by atoms with Crippen molar-refractivity contribution in [1.29, 1.82) is 0 Å². The Morgan fingerprint density at radius 1 is 1.28 bits per heavy atom. The van der Waals surface area contributed by atoms with Crippen LogP contribution in [0.15, 0.2) is 28.7 Å². The Kier molecular flexibility index (Phi) is 8.16. The number of hydrogen-bond acceptors (Lipinski definition) is 4. The molecule has 0 radical (unpaired) electrons. The molecular weight excluding hydrogens is 404 g/mol. The van der Waals surface area contributed by atoms with Crippen molar-refractivity contribution < 1.29 is 4.79 Å². The first-order chi connectivity index (χ1) is 11.6. The number of amides is 1. The fraction of sp³-hybridized carbons (Fsp3) is 0.611. The highest BCUT2D eigenvalue weighted by atomic mass is 79.9. The monoisotopic (exact) mass is 430 g/mol. The molecular formula is C18H28BrClN4O. The minimum Gasteiger partial charge on any atom is -0.340 e. The van der Waals surface area contributed by atoms with E-state index in [1.165, 1.54) is 6.42 Å². The van der Waals surface area contributed by atoms with Crippen LogP contribution >= 0.6 is 28.3 Å². The lowest BCUT2D eigenvalue weighted by molar-refractivity contribution is -0.132. The van der Waals surface area contributed by atoms with Gasteiger partial charge in [-0.3, -0.25) is 14.6 Å². The van der Waals surface area contributed by atoms with Gasteiger partial charge in [-0.05, 0) is 24.6 Å². The summed E-state index contributed by atoms with van der Waals surface area (Å²) in [6, 6.07) is 8.78. The Bertz CT molecular complexity index is 560. The van der Waals surface area contributed by atoms with E-state index in [1.807, 2.05) is 30.1 Å². The van der Waals surface area contributed by atoms with Gasteiger partial charge in [0.25, 0.3) is 0 Å². The highest BCUT2D eigenvalue weighted by Crippen LogP contribution is 2.17. The highest BCUT2D eigenvalue weighted by molar-refractivity contribution is 9.10. The molecule has 2 saturated heterocycles. The van der Waals surface area contributed by atoms with E-state index < -0.39 is 0 Å². The maximum atomic E-state index is 12.5. The van der Waals surface area contributed by atoms with Crippen LogP contribution in [0.25, 0.3) is 0 Å². The van der Waals surface area contributed by atoms with Crippen LogP contribution in [0.3, 0.4) is 0 Å². The van der Waals surface area contributed by atoms with E-state index in [4.69, 9.17) is 0 Å². The molecule has 1 amide bonds. The zero-order valence-electron chi connectivity index (χ0n) is 14.8.